The van der Waals surface area contributed by atoms with Crippen LogP contribution in [0.5, 0.6) is 0 Å². The molecule has 2 nitrogen and oxygen atoms in total. The van der Waals surface area contributed by atoms with Gasteiger partial charge < -0.3 is 5.32 Å². The zero-order chi connectivity index (χ0) is 8.27. The van der Waals surface area contributed by atoms with Gasteiger partial charge in [0.1, 0.15) is 0 Å². The standard InChI is InChI=1S/C9H18N2/c1-4-5-9-8(3)10-6-7(2)11-9/h7-8,10H,4-6H2,1-3H3/t7-,8+/m1/s1. The van der Waals surface area contributed by atoms with E-state index in [1.54, 1.807) is 0 Å². The Kier molecular flexibility index (Phi) is 3.06. The lowest BCUT2D eigenvalue weighted by atomic mass is 10.1. The average Bonchev–Trinajstić information content (AvgIpc) is 1.98. The van der Waals surface area contributed by atoms with E-state index in [0.717, 1.165) is 13.0 Å². The molecule has 1 rings (SSSR count). The first-order chi connectivity index (χ1) is 5.24. The second kappa shape index (κ2) is 3.86. The highest BCUT2D eigenvalue weighted by molar-refractivity contribution is 5.89. The molecule has 0 spiro atoms. The minimum atomic E-state index is 0.479. The maximum Gasteiger partial charge on any atom is 0.0596 e. The first kappa shape index (κ1) is 8.72. The van der Waals surface area contributed by atoms with Crippen molar-refractivity contribution in [3.63, 3.8) is 0 Å². The second-order valence-electron chi connectivity index (χ2n) is 3.35. The number of hydrogen-bond acceptors (Lipinski definition) is 2. The number of nitrogens with zero attached hydrogens (tertiary/aromatic N) is 1. The Morgan fingerprint density at radius 3 is 2.91 bits per heavy atom. The second-order valence-corrected chi connectivity index (χ2v) is 3.35. The van der Waals surface area contributed by atoms with Crippen molar-refractivity contribution in [1.29, 1.82) is 0 Å². The molecule has 2 atom stereocenters. The molecule has 0 aromatic heterocycles. The summed E-state index contributed by atoms with van der Waals surface area (Å²) in [6.45, 7) is 7.60. The van der Waals surface area contributed by atoms with Crippen LogP contribution in [0.15, 0.2) is 4.99 Å². The summed E-state index contributed by atoms with van der Waals surface area (Å²) < 4.78 is 0. The van der Waals surface area contributed by atoms with Crippen LogP contribution in [-0.4, -0.2) is 24.3 Å². The smallest absolute Gasteiger partial charge is 0.0596 e. The van der Waals surface area contributed by atoms with E-state index in [1.165, 1.54) is 12.1 Å². The van der Waals surface area contributed by atoms with Crippen LogP contribution >= 0.6 is 0 Å². The van der Waals surface area contributed by atoms with Crippen molar-refractivity contribution >= 4 is 5.71 Å². The summed E-state index contributed by atoms with van der Waals surface area (Å²) in [5.41, 5.74) is 1.35. The highest BCUT2D eigenvalue weighted by Gasteiger charge is 2.16. The van der Waals surface area contributed by atoms with Crippen LogP contribution in [0.1, 0.15) is 33.6 Å². The highest BCUT2D eigenvalue weighted by Crippen LogP contribution is 2.06. The van der Waals surface area contributed by atoms with Crippen molar-refractivity contribution in [1.82, 2.24) is 5.32 Å². The Labute approximate surface area is 69.1 Å². The number of rotatable bonds is 2. The summed E-state index contributed by atoms with van der Waals surface area (Å²) in [4.78, 5) is 4.61. The van der Waals surface area contributed by atoms with E-state index >= 15 is 0 Å². The summed E-state index contributed by atoms with van der Waals surface area (Å²) in [6, 6.07) is 0.985. The number of hydrogen-bond donors (Lipinski definition) is 1. The molecule has 0 fully saturated rings. The molecule has 0 aliphatic carbocycles. The van der Waals surface area contributed by atoms with Crippen molar-refractivity contribution in [2.24, 2.45) is 4.99 Å². The van der Waals surface area contributed by atoms with Gasteiger partial charge in [0.15, 0.2) is 0 Å². The van der Waals surface area contributed by atoms with Crippen molar-refractivity contribution in [3.05, 3.63) is 0 Å². The monoisotopic (exact) mass is 154 g/mol. The van der Waals surface area contributed by atoms with Gasteiger partial charge in [0.05, 0.1) is 6.04 Å². The van der Waals surface area contributed by atoms with Crippen LogP contribution in [0.2, 0.25) is 0 Å². The SMILES string of the molecule is CCCC1=N[C@H](C)CN[C@H]1C. The number of nitrogens with one attached hydrogen (secondary N) is 1. The van der Waals surface area contributed by atoms with Gasteiger partial charge in [0.25, 0.3) is 0 Å². The molecule has 0 saturated carbocycles. The van der Waals surface area contributed by atoms with Gasteiger partial charge in [-0.15, -0.1) is 0 Å². The van der Waals surface area contributed by atoms with Gasteiger partial charge in [-0.3, -0.25) is 4.99 Å². The predicted octanol–water partition coefficient (Wildman–Crippen LogP) is 1.61. The zero-order valence-corrected chi connectivity index (χ0v) is 7.72. The van der Waals surface area contributed by atoms with E-state index in [0.29, 0.717) is 12.1 Å². The zero-order valence-electron chi connectivity index (χ0n) is 7.72. The maximum absolute atomic E-state index is 4.61. The third-order valence-corrected chi connectivity index (χ3v) is 2.11. The molecule has 0 amide bonds. The summed E-state index contributed by atoms with van der Waals surface area (Å²) in [7, 11) is 0. The van der Waals surface area contributed by atoms with E-state index in [2.05, 4.69) is 31.1 Å². The molecule has 64 valence electrons. The predicted molar refractivity (Wildman–Crippen MR) is 49.3 cm³/mol. The molecule has 1 N–H and O–H groups in total. The lowest BCUT2D eigenvalue weighted by Gasteiger charge is -2.24. The van der Waals surface area contributed by atoms with Gasteiger partial charge in [0, 0.05) is 18.3 Å². The van der Waals surface area contributed by atoms with Crippen LogP contribution in [0.3, 0.4) is 0 Å². The Morgan fingerprint density at radius 1 is 1.55 bits per heavy atom. The van der Waals surface area contributed by atoms with E-state index in [-0.39, 0.29) is 0 Å². The molecule has 11 heavy (non-hydrogen) atoms. The van der Waals surface area contributed by atoms with E-state index in [4.69, 9.17) is 0 Å². The molecule has 1 aliphatic heterocycles. The van der Waals surface area contributed by atoms with Gasteiger partial charge in [-0.2, -0.15) is 0 Å². The van der Waals surface area contributed by atoms with Gasteiger partial charge in [-0.25, -0.2) is 0 Å². The third kappa shape index (κ3) is 2.29. The van der Waals surface area contributed by atoms with Crippen LogP contribution < -0.4 is 5.32 Å². The van der Waals surface area contributed by atoms with Gasteiger partial charge in [-0.05, 0) is 20.3 Å². The number of aliphatic imine (C=N–C) groups is 1. The maximum atomic E-state index is 4.61. The minimum Gasteiger partial charge on any atom is -0.307 e. The molecule has 1 aliphatic rings. The van der Waals surface area contributed by atoms with E-state index in [1.807, 2.05) is 0 Å². The highest BCUT2D eigenvalue weighted by atomic mass is 15.0. The Hall–Kier alpha value is -0.370. The Morgan fingerprint density at radius 2 is 2.27 bits per heavy atom. The molecule has 0 aromatic carbocycles. The largest absolute Gasteiger partial charge is 0.307 e. The molecule has 0 unspecified atom stereocenters. The van der Waals surface area contributed by atoms with Crippen LogP contribution in [0.4, 0.5) is 0 Å². The quantitative estimate of drug-likeness (QED) is 0.642. The van der Waals surface area contributed by atoms with Crippen molar-refractivity contribution in [3.8, 4) is 0 Å². The fraction of sp³-hybridized carbons (Fsp3) is 0.889. The van der Waals surface area contributed by atoms with Gasteiger partial charge in [-0.1, -0.05) is 13.3 Å². The van der Waals surface area contributed by atoms with Gasteiger partial charge in [0.2, 0.25) is 0 Å². The van der Waals surface area contributed by atoms with E-state index in [9.17, 15) is 0 Å². The van der Waals surface area contributed by atoms with Crippen molar-refractivity contribution < 1.29 is 0 Å². The summed E-state index contributed by atoms with van der Waals surface area (Å²) in [5, 5.41) is 3.44. The molecular formula is C9H18N2. The fourth-order valence-corrected chi connectivity index (χ4v) is 1.44. The van der Waals surface area contributed by atoms with Crippen LogP contribution in [0.25, 0.3) is 0 Å². The molecular weight excluding hydrogens is 136 g/mol. The lowest BCUT2D eigenvalue weighted by molar-refractivity contribution is 0.548. The van der Waals surface area contributed by atoms with Crippen LogP contribution in [0, 0.1) is 0 Å². The normalized spacial score (nSPS) is 31.7. The van der Waals surface area contributed by atoms with Crippen molar-refractivity contribution in [2.75, 3.05) is 6.54 Å². The van der Waals surface area contributed by atoms with Crippen LogP contribution in [-0.2, 0) is 0 Å². The summed E-state index contributed by atoms with van der Waals surface area (Å²) >= 11 is 0. The molecule has 0 saturated heterocycles. The lowest BCUT2D eigenvalue weighted by Crippen LogP contribution is -2.42. The molecule has 1 heterocycles. The molecule has 2 heteroatoms. The molecule has 0 aromatic rings. The topological polar surface area (TPSA) is 24.4 Å². The Balaban J connectivity index is 2.56. The van der Waals surface area contributed by atoms with E-state index < -0.39 is 0 Å². The van der Waals surface area contributed by atoms with Gasteiger partial charge >= 0.3 is 0 Å². The van der Waals surface area contributed by atoms with Crippen molar-refractivity contribution in [2.45, 2.75) is 45.7 Å². The Bertz CT molecular complexity index is 152. The summed E-state index contributed by atoms with van der Waals surface area (Å²) in [5.74, 6) is 0. The first-order valence-electron chi connectivity index (χ1n) is 4.54. The summed E-state index contributed by atoms with van der Waals surface area (Å²) in [6.07, 6.45) is 2.36. The fourth-order valence-electron chi connectivity index (χ4n) is 1.44. The third-order valence-electron chi connectivity index (χ3n) is 2.11. The minimum absolute atomic E-state index is 0.479. The molecule has 0 bridgehead atoms. The average molecular weight is 154 g/mol. The molecule has 0 radical (unpaired) electrons. The first-order valence-corrected chi connectivity index (χ1v) is 4.54.